The van der Waals surface area contributed by atoms with E-state index in [1.54, 1.807) is 6.08 Å². The zero-order valence-corrected chi connectivity index (χ0v) is 9.55. The predicted molar refractivity (Wildman–Crippen MR) is 61.2 cm³/mol. The van der Waals surface area contributed by atoms with E-state index in [1.165, 1.54) is 4.80 Å². The van der Waals surface area contributed by atoms with E-state index < -0.39 is 0 Å². The maximum absolute atomic E-state index is 4.21. The Morgan fingerprint density at radius 3 is 2.73 bits per heavy atom. The number of aromatic nitrogens is 4. The highest BCUT2D eigenvalue weighted by Crippen LogP contribution is 2.17. The maximum atomic E-state index is 4.21. The summed E-state index contributed by atoms with van der Waals surface area (Å²) >= 11 is 3.37. The van der Waals surface area contributed by atoms with Crippen molar-refractivity contribution in [3.63, 3.8) is 0 Å². The van der Waals surface area contributed by atoms with Gasteiger partial charge in [-0.05, 0) is 29.5 Å². The molecule has 0 aliphatic heterocycles. The average Bonchev–Trinajstić information content (AvgIpc) is 2.68. The number of halogens is 1. The summed E-state index contributed by atoms with van der Waals surface area (Å²) < 4.78 is 1.03. The van der Waals surface area contributed by atoms with Crippen molar-refractivity contribution in [2.75, 3.05) is 0 Å². The van der Waals surface area contributed by atoms with Crippen molar-refractivity contribution in [1.82, 2.24) is 20.2 Å². The largest absolute Gasteiger partial charge is 0.204 e. The number of benzene rings is 1. The molecule has 0 saturated carbocycles. The van der Waals surface area contributed by atoms with Crippen LogP contribution in [0.25, 0.3) is 11.4 Å². The quantitative estimate of drug-likeness (QED) is 0.800. The first kappa shape index (κ1) is 10.0. The van der Waals surface area contributed by atoms with Gasteiger partial charge in [-0.25, -0.2) is 0 Å². The molecule has 0 spiro atoms. The van der Waals surface area contributed by atoms with E-state index in [4.69, 9.17) is 0 Å². The second kappa shape index (κ2) is 4.35. The second-order valence-corrected chi connectivity index (χ2v) is 3.88. The Bertz CT molecular complexity index is 461. The fourth-order valence-electron chi connectivity index (χ4n) is 1.15. The molecular formula is C10H9BrN4. The lowest BCUT2D eigenvalue weighted by Gasteiger charge is -1.93. The molecule has 5 heteroatoms. The van der Waals surface area contributed by atoms with E-state index in [0.29, 0.717) is 12.4 Å². The maximum Gasteiger partial charge on any atom is 0.204 e. The van der Waals surface area contributed by atoms with Crippen LogP contribution in [-0.4, -0.2) is 20.2 Å². The first-order valence-corrected chi connectivity index (χ1v) is 5.23. The molecule has 0 bridgehead atoms. The fraction of sp³-hybridized carbons (Fsp3) is 0.100. The van der Waals surface area contributed by atoms with Crippen molar-refractivity contribution in [3.8, 4) is 11.4 Å². The summed E-state index contributed by atoms with van der Waals surface area (Å²) in [6.07, 6.45) is 1.73. The highest BCUT2D eigenvalue weighted by atomic mass is 79.9. The third kappa shape index (κ3) is 2.30. The van der Waals surface area contributed by atoms with Gasteiger partial charge in [0, 0.05) is 10.0 Å². The highest BCUT2D eigenvalue weighted by molar-refractivity contribution is 9.10. The van der Waals surface area contributed by atoms with Crippen LogP contribution in [0.4, 0.5) is 0 Å². The Hall–Kier alpha value is -1.49. The van der Waals surface area contributed by atoms with Gasteiger partial charge >= 0.3 is 0 Å². The predicted octanol–water partition coefficient (Wildman–Crippen LogP) is 2.29. The van der Waals surface area contributed by atoms with Gasteiger partial charge in [0.15, 0.2) is 0 Å². The first-order chi connectivity index (χ1) is 7.29. The van der Waals surface area contributed by atoms with Crippen LogP contribution in [0, 0.1) is 0 Å². The van der Waals surface area contributed by atoms with Gasteiger partial charge < -0.3 is 0 Å². The van der Waals surface area contributed by atoms with Gasteiger partial charge in [0.25, 0.3) is 0 Å². The van der Waals surface area contributed by atoms with Crippen LogP contribution < -0.4 is 0 Å². The zero-order valence-electron chi connectivity index (χ0n) is 7.97. The van der Waals surface area contributed by atoms with E-state index in [1.807, 2.05) is 24.3 Å². The molecule has 0 aliphatic carbocycles. The van der Waals surface area contributed by atoms with Gasteiger partial charge in [-0.2, -0.15) is 4.80 Å². The number of hydrogen-bond acceptors (Lipinski definition) is 3. The normalized spacial score (nSPS) is 10.2. The standard InChI is InChI=1S/C10H9BrN4/c1-2-7-15-13-10(12-14-15)8-3-5-9(11)6-4-8/h2-6H,1,7H2. The molecule has 1 heterocycles. The van der Waals surface area contributed by atoms with Crippen molar-refractivity contribution >= 4 is 15.9 Å². The summed E-state index contributed by atoms with van der Waals surface area (Å²) in [7, 11) is 0. The van der Waals surface area contributed by atoms with E-state index in [9.17, 15) is 0 Å². The molecular weight excluding hydrogens is 256 g/mol. The van der Waals surface area contributed by atoms with Gasteiger partial charge in [0.2, 0.25) is 5.82 Å². The molecule has 0 atom stereocenters. The summed E-state index contributed by atoms with van der Waals surface area (Å²) in [5, 5.41) is 12.1. The molecule has 4 nitrogen and oxygen atoms in total. The average molecular weight is 265 g/mol. The van der Waals surface area contributed by atoms with Crippen molar-refractivity contribution in [1.29, 1.82) is 0 Å². The Balaban J connectivity index is 2.28. The van der Waals surface area contributed by atoms with E-state index >= 15 is 0 Å². The fourth-order valence-corrected chi connectivity index (χ4v) is 1.41. The second-order valence-electron chi connectivity index (χ2n) is 2.96. The summed E-state index contributed by atoms with van der Waals surface area (Å²) in [5.41, 5.74) is 0.952. The molecule has 1 aromatic heterocycles. The van der Waals surface area contributed by atoms with E-state index in [0.717, 1.165) is 10.0 Å². The highest BCUT2D eigenvalue weighted by Gasteiger charge is 2.04. The topological polar surface area (TPSA) is 43.6 Å². The number of allylic oxidation sites excluding steroid dienone is 1. The molecule has 2 rings (SSSR count). The van der Waals surface area contributed by atoms with Crippen LogP contribution in [0.5, 0.6) is 0 Å². The third-order valence-electron chi connectivity index (χ3n) is 1.85. The lowest BCUT2D eigenvalue weighted by Crippen LogP contribution is -1.99. The summed E-state index contributed by atoms with van der Waals surface area (Å²) in [6, 6.07) is 7.78. The van der Waals surface area contributed by atoms with Crippen LogP contribution in [0.15, 0.2) is 41.4 Å². The van der Waals surface area contributed by atoms with Crippen LogP contribution in [0.2, 0.25) is 0 Å². The van der Waals surface area contributed by atoms with Gasteiger partial charge in [-0.15, -0.1) is 16.8 Å². The smallest absolute Gasteiger partial charge is 0.160 e. The van der Waals surface area contributed by atoms with Gasteiger partial charge in [0.1, 0.15) is 0 Å². The van der Waals surface area contributed by atoms with E-state index in [-0.39, 0.29) is 0 Å². The van der Waals surface area contributed by atoms with Gasteiger partial charge in [-0.1, -0.05) is 22.0 Å². The van der Waals surface area contributed by atoms with Crippen molar-refractivity contribution in [2.45, 2.75) is 6.54 Å². The number of nitrogens with zero attached hydrogens (tertiary/aromatic N) is 4. The lowest BCUT2D eigenvalue weighted by molar-refractivity contribution is 0.583. The van der Waals surface area contributed by atoms with Crippen LogP contribution >= 0.6 is 15.9 Å². The Morgan fingerprint density at radius 2 is 2.07 bits per heavy atom. The summed E-state index contributed by atoms with van der Waals surface area (Å²) in [5.74, 6) is 0.629. The van der Waals surface area contributed by atoms with Crippen molar-refractivity contribution in [2.24, 2.45) is 0 Å². The molecule has 76 valence electrons. The lowest BCUT2D eigenvalue weighted by atomic mass is 10.2. The minimum absolute atomic E-state index is 0.573. The molecule has 15 heavy (non-hydrogen) atoms. The van der Waals surface area contributed by atoms with Crippen LogP contribution in [0.1, 0.15) is 0 Å². The zero-order chi connectivity index (χ0) is 10.7. The monoisotopic (exact) mass is 264 g/mol. The van der Waals surface area contributed by atoms with E-state index in [2.05, 4.69) is 37.9 Å². The number of hydrogen-bond donors (Lipinski definition) is 0. The third-order valence-corrected chi connectivity index (χ3v) is 2.38. The Labute approximate surface area is 95.7 Å². The molecule has 0 unspecified atom stereocenters. The first-order valence-electron chi connectivity index (χ1n) is 4.44. The summed E-state index contributed by atoms with van der Waals surface area (Å²) in [4.78, 5) is 1.50. The minimum Gasteiger partial charge on any atom is -0.160 e. The molecule has 0 N–H and O–H groups in total. The molecule has 0 aliphatic rings. The minimum atomic E-state index is 0.573. The molecule has 0 saturated heterocycles. The molecule has 0 fully saturated rings. The number of rotatable bonds is 3. The number of tetrazole rings is 1. The molecule has 1 aromatic carbocycles. The Kier molecular flexibility index (Phi) is 2.91. The SMILES string of the molecule is C=CCn1nnc(-c2ccc(Br)cc2)n1. The van der Waals surface area contributed by atoms with Crippen LogP contribution in [0.3, 0.4) is 0 Å². The van der Waals surface area contributed by atoms with Gasteiger partial charge in [-0.3, -0.25) is 0 Å². The van der Waals surface area contributed by atoms with Crippen molar-refractivity contribution < 1.29 is 0 Å². The Morgan fingerprint density at radius 1 is 1.33 bits per heavy atom. The van der Waals surface area contributed by atoms with Gasteiger partial charge in [0.05, 0.1) is 6.54 Å². The van der Waals surface area contributed by atoms with Crippen molar-refractivity contribution in [3.05, 3.63) is 41.4 Å². The molecule has 0 radical (unpaired) electrons. The summed E-state index contributed by atoms with van der Waals surface area (Å²) in [6.45, 7) is 4.19. The molecule has 0 amide bonds. The van der Waals surface area contributed by atoms with Crippen LogP contribution in [-0.2, 0) is 6.54 Å². The molecule has 2 aromatic rings.